The van der Waals surface area contributed by atoms with Crippen LogP contribution in [0.4, 0.5) is 0 Å². The van der Waals surface area contributed by atoms with Gasteiger partial charge in [0.05, 0.1) is 14.9 Å². The third-order valence-electron chi connectivity index (χ3n) is 2.54. The topological polar surface area (TPSA) is 12.0 Å². The monoisotopic (exact) mass is 363 g/mol. The molecule has 0 bridgehead atoms. The molecule has 0 aliphatic rings. The molecule has 1 heterocycles. The molecule has 0 fully saturated rings. The van der Waals surface area contributed by atoms with E-state index in [0.29, 0.717) is 0 Å². The van der Waals surface area contributed by atoms with Gasteiger partial charge in [0.15, 0.2) is 0 Å². The summed E-state index contributed by atoms with van der Waals surface area (Å²) >= 11 is 17.3. The minimum absolute atomic E-state index is 0.127. The largest absolute Gasteiger partial charge is 0.306 e. The summed E-state index contributed by atoms with van der Waals surface area (Å²) in [7, 11) is 0. The van der Waals surface area contributed by atoms with E-state index < -0.39 is 0 Å². The SMILES string of the molecule is CCNC(c1cccc(Cl)c1)c1cc(Cl)c(Br)s1. The highest BCUT2D eigenvalue weighted by atomic mass is 79.9. The molecular formula is C13H12BrCl2NS. The van der Waals surface area contributed by atoms with Gasteiger partial charge in [0, 0.05) is 9.90 Å². The number of hydrogen-bond donors (Lipinski definition) is 1. The summed E-state index contributed by atoms with van der Waals surface area (Å²) in [5, 5.41) is 4.95. The first-order chi connectivity index (χ1) is 8.61. The molecule has 0 aliphatic heterocycles. The molecule has 0 amide bonds. The van der Waals surface area contributed by atoms with E-state index in [1.54, 1.807) is 11.3 Å². The van der Waals surface area contributed by atoms with Gasteiger partial charge in [0.1, 0.15) is 0 Å². The first-order valence-electron chi connectivity index (χ1n) is 5.55. The normalized spacial score (nSPS) is 12.7. The van der Waals surface area contributed by atoms with E-state index in [1.165, 1.54) is 4.88 Å². The Morgan fingerprint density at radius 1 is 1.33 bits per heavy atom. The van der Waals surface area contributed by atoms with Crippen molar-refractivity contribution in [3.8, 4) is 0 Å². The third-order valence-corrected chi connectivity index (χ3v) is 5.31. The van der Waals surface area contributed by atoms with Crippen molar-refractivity contribution >= 4 is 50.5 Å². The van der Waals surface area contributed by atoms with Crippen molar-refractivity contribution < 1.29 is 0 Å². The maximum Gasteiger partial charge on any atom is 0.0888 e. The number of nitrogens with one attached hydrogen (secondary N) is 1. The van der Waals surface area contributed by atoms with Gasteiger partial charge in [-0.2, -0.15) is 0 Å². The van der Waals surface area contributed by atoms with Crippen LogP contribution in [0.2, 0.25) is 10.0 Å². The van der Waals surface area contributed by atoms with Crippen molar-refractivity contribution in [2.45, 2.75) is 13.0 Å². The molecule has 0 aliphatic carbocycles. The fourth-order valence-electron chi connectivity index (χ4n) is 1.78. The number of halogens is 3. The van der Waals surface area contributed by atoms with E-state index in [1.807, 2.05) is 24.3 Å². The van der Waals surface area contributed by atoms with Crippen LogP contribution in [0, 0.1) is 0 Å². The van der Waals surface area contributed by atoms with Crippen LogP contribution in [0.3, 0.4) is 0 Å². The summed E-state index contributed by atoms with van der Waals surface area (Å²) in [4.78, 5) is 1.18. The van der Waals surface area contributed by atoms with Crippen LogP contribution in [-0.4, -0.2) is 6.54 Å². The summed E-state index contributed by atoms with van der Waals surface area (Å²) < 4.78 is 0.962. The second kappa shape index (κ2) is 6.40. The third kappa shape index (κ3) is 3.28. The van der Waals surface area contributed by atoms with E-state index >= 15 is 0 Å². The molecule has 1 atom stereocenters. The summed E-state index contributed by atoms with van der Waals surface area (Å²) in [6.45, 7) is 2.96. The smallest absolute Gasteiger partial charge is 0.0888 e. The number of thiophene rings is 1. The van der Waals surface area contributed by atoms with Crippen molar-refractivity contribution in [1.29, 1.82) is 0 Å². The van der Waals surface area contributed by atoms with Crippen molar-refractivity contribution in [2.24, 2.45) is 0 Å². The predicted octanol–water partition coefficient (Wildman–Crippen LogP) is 5.52. The number of benzene rings is 1. The van der Waals surface area contributed by atoms with E-state index in [2.05, 4.69) is 34.2 Å². The van der Waals surface area contributed by atoms with Crippen molar-refractivity contribution in [3.05, 3.63) is 54.6 Å². The van der Waals surface area contributed by atoms with E-state index in [-0.39, 0.29) is 6.04 Å². The van der Waals surface area contributed by atoms with E-state index in [4.69, 9.17) is 23.2 Å². The van der Waals surface area contributed by atoms with Crippen molar-refractivity contribution in [3.63, 3.8) is 0 Å². The quantitative estimate of drug-likeness (QED) is 0.753. The highest BCUT2D eigenvalue weighted by Gasteiger charge is 2.17. The lowest BCUT2D eigenvalue weighted by atomic mass is 10.1. The van der Waals surface area contributed by atoms with Crippen LogP contribution in [0.5, 0.6) is 0 Å². The molecule has 96 valence electrons. The average molecular weight is 365 g/mol. The van der Waals surface area contributed by atoms with Gasteiger partial charge >= 0.3 is 0 Å². The predicted molar refractivity (Wildman–Crippen MR) is 84.0 cm³/mol. The average Bonchev–Trinajstić information content (AvgIpc) is 2.66. The van der Waals surface area contributed by atoms with Gasteiger partial charge in [0.2, 0.25) is 0 Å². The highest BCUT2D eigenvalue weighted by molar-refractivity contribution is 9.11. The zero-order valence-corrected chi connectivity index (χ0v) is 13.6. The molecule has 0 radical (unpaired) electrons. The molecule has 2 rings (SSSR count). The maximum absolute atomic E-state index is 6.10. The summed E-state index contributed by atoms with van der Waals surface area (Å²) in [6, 6.07) is 10.0. The first kappa shape index (κ1) is 14.4. The fourth-order valence-corrected chi connectivity index (χ4v) is 3.83. The second-order valence-corrected chi connectivity index (χ2v) is 7.06. The van der Waals surface area contributed by atoms with Crippen molar-refractivity contribution in [1.82, 2.24) is 5.32 Å². The second-order valence-electron chi connectivity index (χ2n) is 3.82. The molecule has 1 aromatic heterocycles. The first-order valence-corrected chi connectivity index (χ1v) is 7.92. The summed E-state index contributed by atoms with van der Waals surface area (Å²) in [5.74, 6) is 0. The molecule has 0 saturated heterocycles. The molecule has 1 N–H and O–H groups in total. The summed E-state index contributed by atoms with van der Waals surface area (Å²) in [5.41, 5.74) is 1.15. The van der Waals surface area contributed by atoms with Crippen LogP contribution in [0.25, 0.3) is 0 Å². The van der Waals surface area contributed by atoms with Gasteiger partial charge in [-0.3, -0.25) is 0 Å². The fraction of sp³-hybridized carbons (Fsp3) is 0.231. The van der Waals surface area contributed by atoms with Gasteiger partial charge in [-0.15, -0.1) is 11.3 Å². The highest BCUT2D eigenvalue weighted by Crippen LogP contribution is 2.37. The summed E-state index contributed by atoms with van der Waals surface area (Å²) in [6.07, 6.45) is 0. The molecule has 1 unspecified atom stereocenters. The lowest BCUT2D eigenvalue weighted by molar-refractivity contribution is 0.640. The minimum Gasteiger partial charge on any atom is -0.306 e. The van der Waals surface area contributed by atoms with E-state index in [9.17, 15) is 0 Å². The van der Waals surface area contributed by atoms with E-state index in [0.717, 1.165) is 25.9 Å². The van der Waals surface area contributed by atoms with Crippen LogP contribution >= 0.6 is 50.5 Å². The van der Waals surface area contributed by atoms with Crippen molar-refractivity contribution in [2.75, 3.05) is 6.54 Å². The molecule has 5 heteroatoms. The number of hydrogen-bond acceptors (Lipinski definition) is 2. The van der Waals surface area contributed by atoms with Crippen LogP contribution in [0.15, 0.2) is 34.1 Å². The van der Waals surface area contributed by atoms with Gasteiger partial charge in [-0.25, -0.2) is 0 Å². The Morgan fingerprint density at radius 2 is 2.11 bits per heavy atom. The Morgan fingerprint density at radius 3 is 2.67 bits per heavy atom. The molecule has 1 aromatic carbocycles. The van der Waals surface area contributed by atoms with Crippen LogP contribution in [-0.2, 0) is 0 Å². The lowest BCUT2D eigenvalue weighted by Gasteiger charge is -2.17. The lowest BCUT2D eigenvalue weighted by Crippen LogP contribution is -2.20. The Bertz CT molecular complexity index is 522. The standard InChI is InChI=1S/C13H12BrCl2NS/c1-2-17-12(8-4-3-5-9(15)6-8)11-7-10(16)13(14)18-11/h3-7,12,17H,2H2,1H3. The van der Waals surface area contributed by atoms with Gasteiger partial charge in [-0.05, 0) is 46.2 Å². The van der Waals surface area contributed by atoms with Gasteiger partial charge in [-0.1, -0.05) is 42.3 Å². The molecule has 2 aromatic rings. The zero-order chi connectivity index (χ0) is 13.1. The molecular weight excluding hydrogens is 353 g/mol. The molecule has 18 heavy (non-hydrogen) atoms. The zero-order valence-electron chi connectivity index (χ0n) is 9.71. The minimum atomic E-state index is 0.127. The Balaban J connectivity index is 2.39. The Labute approximate surface area is 129 Å². The molecule has 0 saturated carbocycles. The van der Waals surface area contributed by atoms with Crippen LogP contribution in [0.1, 0.15) is 23.4 Å². The maximum atomic E-state index is 6.10. The number of rotatable bonds is 4. The molecule has 1 nitrogen and oxygen atoms in total. The Kier molecular flexibility index (Phi) is 5.10. The van der Waals surface area contributed by atoms with Gasteiger partial charge in [0.25, 0.3) is 0 Å². The van der Waals surface area contributed by atoms with Gasteiger partial charge < -0.3 is 5.32 Å². The van der Waals surface area contributed by atoms with Crippen LogP contribution < -0.4 is 5.32 Å². The Hall–Kier alpha value is -0.0600. The molecule has 0 spiro atoms.